The van der Waals surface area contributed by atoms with E-state index in [0.29, 0.717) is 36.7 Å². The summed E-state index contributed by atoms with van der Waals surface area (Å²) in [5.41, 5.74) is 9.51. The molecule has 248 valence electrons. The van der Waals surface area contributed by atoms with Crippen LogP contribution in [0, 0.1) is 0 Å². The van der Waals surface area contributed by atoms with Crippen molar-refractivity contribution in [2.24, 2.45) is 0 Å². The van der Waals surface area contributed by atoms with Crippen LogP contribution in [0.5, 0.6) is 5.75 Å². The lowest BCUT2D eigenvalue weighted by Gasteiger charge is -2.25. The van der Waals surface area contributed by atoms with Gasteiger partial charge in [-0.25, -0.2) is 14.5 Å². The van der Waals surface area contributed by atoms with E-state index in [9.17, 15) is 9.36 Å². The number of hydrogen-bond donors (Lipinski definition) is 2. The Kier molecular flexibility index (Phi) is 11.6. The van der Waals surface area contributed by atoms with E-state index in [4.69, 9.17) is 29.2 Å². The summed E-state index contributed by atoms with van der Waals surface area (Å²) in [4.78, 5) is 22.4. The van der Waals surface area contributed by atoms with Gasteiger partial charge in [0, 0.05) is 18.0 Å². The number of ether oxygens (including phenoxy) is 2. The number of esters is 1. The van der Waals surface area contributed by atoms with Gasteiger partial charge in [0.2, 0.25) is 0 Å². The zero-order chi connectivity index (χ0) is 33.2. The average Bonchev–Trinajstić information content (AvgIpc) is 3.47. The molecule has 11 nitrogen and oxygen atoms in total. The van der Waals surface area contributed by atoms with Crippen LogP contribution >= 0.6 is 7.75 Å². The fourth-order valence-electron chi connectivity index (χ4n) is 5.46. The van der Waals surface area contributed by atoms with Crippen molar-refractivity contribution in [2.45, 2.75) is 65.3 Å². The lowest BCUT2D eigenvalue weighted by molar-refractivity contribution is -0.146. The maximum Gasteiger partial charge on any atom is 0.459 e. The molecule has 5 rings (SSSR count). The topological polar surface area (TPSA) is 140 Å². The molecule has 0 fully saturated rings. The molecule has 0 saturated heterocycles. The third-order valence-corrected chi connectivity index (χ3v) is 9.34. The minimum absolute atomic E-state index is 0.0554. The van der Waals surface area contributed by atoms with Crippen LogP contribution < -0.4 is 15.3 Å². The van der Waals surface area contributed by atoms with Crippen LogP contribution in [0.15, 0.2) is 84.9 Å². The van der Waals surface area contributed by atoms with Crippen LogP contribution in [-0.2, 0) is 36.6 Å². The first-order chi connectivity index (χ1) is 22.8. The molecule has 3 atom stereocenters. The number of fused-ring (bicyclic) bond motifs is 3. The Morgan fingerprint density at radius 2 is 1.64 bits per heavy atom. The van der Waals surface area contributed by atoms with Gasteiger partial charge in [0.25, 0.3) is 0 Å². The van der Waals surface area contributed by atoms with E-state index in [1.165, 1.54) is 0 Å². The number of aromatic nitrogens is 3. The summed E-state index contributed by atoms with van der Waals surface area (Å²) in [6, 6.07) is 24.8. The van der Waals surface area contributed by atoms with Gasteiger partial charge in [-0.15, -0.1) is 0 Å². The van der Waals surface area contributed by atoms with E-state index in [0.717, 1.165) is 40.6 Å². The highest BCUT2D eigenvalue weighted by molar-refractivity contribution is 7.52. The minimum Gasteiger partial charge on any atom is -0.460 e. The number of nitrogens with zero attached hydrogens (tertiary/aromatic N) is 3. The van der Waals surface area contributed by atoms with E-state index in [1.54, 1.807) is 31.2 Å². The van der Waals surface area contributed by atoms with Crippen LogP contribution in [0.1, 0.15) is 57.5 Å². The van der Waals surface area contributed by atoms with Crippen molar-refractivity contribution in [1.29, 1.82) is 0 Å². The molecule has 3 N–H and O–H groups in total. The highest BCUT2D eigenvalue weighted by Gasteiger charge is 2.33. The summed E-state index contributed by atoms with van der Waals surface area (Å²) in [5, 5.41) is 3.72. The highest BCUT2D eigenvalue weighted by atomic mass is 31.2. The fraction of sp³-hybridized carbons (Fsp3) is 0.343. The lowest BCUT2D eigenvalue weighted by Crippen LogP contribution is -2.35. The van der Waals surface area contributed by atoms with Crippen LogP contribution in [-0.4, -0.2) is 39.8 Å². The van der Waals surface area contributed by atoms with Gasteiger partial charge in [-0.1, -0.05) is 80.1 Å². The van der Waals surface area contributed by atoms with Crippen molar-refractivity contribution < 1.29 is 27.9 Å². The molecule has 0 aliphatic rings. The van der Waals surface area contributed by atoms with Gasteiger partial charge in [-0.05, 0) is 50.5 Å². The predicted octanol–water partition coefficient (Wildman–Crippen LogP) is 7.36. The number of nitrogen functional groups attached to an aromatic ring is 1. The number of nitrogens with one attached hydrogen (secondary N) is 1. The summed E-state index contributed by atoms with van der Waals surface area (Å²) >= 11 is 0. The molecular weight excluding hydrogens is 617 g/mol. The third kappa shape index (κ3) is 8.55. The number of hydrogen-bond acceptors (Lipinski definition) is 9. The van der Waals surface area contributed by atoms with E-state index >= 15 is 0 Å². The van der Waals surface area contributed by atoms with Crippen LogP contribution in [0.3, 0.4) is 0 Å². The van der Waals surface area contributed by atoms with Gasteiger partial charge in [0.05, 0.1) is 17.6 Å². The number of anilines is 1. The monoisotopic (exact) mass is 659 g/mol. The Balaban J connectivity index is 1.39. The molecule has 0 bridgehead atoms. The number of para-hydroxylation sites is 2. The number of carbonyl (C=O) groups excluding carboxylic acids is 1. The van der Waals surface area contributed by atoms with Crippen molar-refractivity contribution >= 4 is 41.5 Å². The molecule has 0 radical (unpaired) electrons. The van der Waals surface area contributed by atoms with E-state index in [1.807, 2.05) is 67.6 Å². The number of carbonyl (C=O) groups is 1. The maximum absolute atomic E-state index is 14.2. The molecule has 0 aliphatic carbocycles. The summed E-state index contributed by atoms with van der Waals surface area (Å²) in [6.45, 7) is 6.57. The van der Waals surface area contributed by atoms with Crippen molar-refractivity contribution in [2.75, 3.05) is 18.9 Å². The Morgan fingerprint density at radius 3 is 2.36 bits per heavy atom. The first-order valence-corrected chi connectivity index (χ1v) is 17.5. The standard InChI is InChI=1S/C35H42N5O6P/c1-4-14-27(40-31(24-43-5-2)38-32-33(40)29-19-12-13-20-30(29)37-34(32)36)21-22-45-47(42,46-28-17-10-7-11-18-28)39-25(3)35(41)44-23-26-15-8-6-9-16-26/h6-13,15-20,25,27H,4-5,14,21-24H2,1-3H3,(H2,36,37)(H,39,42)/t25-,27-,47-/m0/s1. The van der Waals surface area contributed by atoms with E-state index < -0.39 is 19.8 Å². The Hall–Kier alpha value is -4.28. The molecule has 2 aromatic heterocycles. The molecular formula is C35H42N5O6P. The SMILES string of the molecule is CCC[C@@H](CCO[P@@](=O)(N[C@@H](C)C(=O)OCc1ccccc1)Oc1ccccc1)n1c(COCC)nc2c(N)nc3ccccc3c21. The maximum atomic E-state index is 14.2. The Morgan fingerprint density at radius 1 is 0.936 bits per heavy atom. The zero-order valence-corrected chi connectivity index (χ0v) is 27.9. The van der Waals surface area contributed by atoms with Crippen molar-refractivity contribution in [1.82, 2.24) is 19.6 Å². The highest BCUT2D eigenvalue weighted by Crippen LogP contribution is 2.45. The summed E-state index contributed by atoms with van der Waals surface area (Å²) < 4.78 is 39.6. The minimum atomic E-state index is -4.05. The lowest BCUT2D eigenvalue weighted by atomic mass is 10.1. The molecule has 12 heteroatoms. The second-order valence-corrected chi connectivity index (χ2v) is 12.9. The molecule has 0 aliphatic heterocycles. The zero-order valence-electron chi connectivity index (χ0n) is 27.0. The Labute approximate surface area is 275 Å². The van der Waals surface area contributed by atoms with Gasteiger partial charge in [-0.3, -0.25) is 9.32 Å². The smallest absolute Gasteiger partial charge is 0.459 e. The second-order valence-electron chi connectivity index (χ2n) is 11.2. The summed E-state index contributed by atoms with van der Waals surface area (Å²) in [7, 11) is -4.05. The van der Waals surface area contributed by atoms with Crippen LogP contribution in [0.2, 0.25) is 0 Å². The Bertz CT molecular complexity index is 1820. The molecule has 0 spiro atoms. The van der Waals surface area contributed by atoms with Gasteiger partial charge < -0.3 is 24.3 Å². The third-order valence-electron chi connectivity index (χ3n) is 7.66. The molecule has 3 aromatic carbocycles. The van der Waals surface area contributed by atoms with E-state index in [-0.39, 0.29) is 19.3 Å². The number of imidazole rings is 1. The fourth-order valence-corrected chi connectivity index (χ4v) is 6.96. The van der Waals surface area contributed by atoms with Crippen molar-refractivity contribution in [3.63, 3.8) is 0 Å². The quantitative estimate of drug-likeness (QED) is 0.0769. The molecule has 0 saturated carbocycles. The molecule has 0 amide bonds. The molecule has 0 unspecified atom stereocenters. The summed E-state index contributed by atoms with van der Waals surface area (Å²) in [6.07, 6.45) is 2.12. The number of benzene rings is 3. The van der Waals surface area contributed by atoms with Gasteiger partial charge in [0.1, 0.15) is 36.3 Å². The van der Waals surface area contributed by atoms with E-state index in [2.05, 4.69) is 21.6 Å². The largest absolute Gasteiger partial charge is 0.460 e. The summed E-state index contributed by atoms with van der Waals surface area (Å²) in [5.74, 6) is 0.829. The van der Waals surface area contributed by atoms with Gasteiger partial charge in [0.15, 0.2) is 5.82 Å². The van der Waals surface area contributed by atoms with Crippen LogP contribution in [0.25, 0.3) is 21.9 Å². The number of rotatable bonds is 17. The molecule has 2 heterocycles. The first kappa shape index (κ1) is 34.1. The normalized spacial score (nSPS) is 14.1. The predicted molar refractivity (Wildman–Crippen MR) is 183 cm³/mol. The van der Waals surface area contributed by atoms with Gasteiger partial charge >= 0.3 is 13.7 Å². The first-order valence-electron chi connectivity index (χ1n) is 15.9. The average molecular weight is 660 g/mol. The molecule has 47 heavy (non-hydrogen) atoms. The number of nitrogens with two attached hydrogens (primary N) is 1. The second kappa shape index (κ2) is 16.0. The van der Waals surface area contributed by atoms with Crippen molar-refractivity contribution in [3.05, 3.63) is 96.3 Å². The van der Waals surface area contributed by atoms with Gasteiger partial charge in [-0.2, -0.15) is 5.09 Å². The number of pyridine rings is 1. The molecule has 5 aromatic rings. The van der Waals surface area contributed by atoms with Crippen LogP contribution in [0.4, 0.5) is 5.82 Å². The van der Waals surface area contributed by atoms with Crippen molar-refractivity contribution in [3.8, 4) is 5.75 Å².